The first-order chi connectivity index (χ1) is 15.4. The first kappa shape index (κ1) is 22.5. The summed E-state index contributed by atoms with van der Waals surface area (Å²) in [5.41, 5.74) is 0.197. The van der Waals surface area contributed by atoms with Crippen LogP contribution in [0, 0.1) is 0 Å². The Bertz CT molecular complexity index is 1110. The lowest BCUT2D eigenvalue weighted by atomic mass is 10.0. The zero-order valence-electron chi connectivity index (χ0n) is 18.2. The van der Waals surface area contributed by atoms with Crippen molar-refractivity contribution in [2.75, 3.05) is 40.4 Å². The Kier molecular flexibility index (Phi) is 6.53. The number of ether oxygens (including phenoxy) is 5. The van der Waals surface area contributed by atoms with Crippen LogP contribution in [0.1, 0.15) is 5.56 Å². The van der Waals surface area contributed by atoms with Crippen LogP contribution in [0.3, 0.4) is 0 Å². The van der Waals surface area contributed by atoms with Gasteiger partial charge in [-0.15, -0.1) is 0 Å². The fourth-order valence-corrected chi connectivity index (χ4v) is 3.17. The molecule has 0 radical (unpaired) electrons. The molecule has 0 spiro atoms. The van der Waals surface area contributed by atoms with Crippen molar-refractivity contribution in [1.29, 1.82) is 0 Å². The molecule has 10 heteroatoms. The van der Waals surface area contributed by atoms with Crippen LogP contribution in [0.2, 0.25) is 0 Å². The molecule has 0 bridgehead atoms. The molecular formula is C22H22N2O8. The van der Waals surface area contributed by atoms with Crippen LogP contribution in [0.5, 0.6) is 28.7 Å². The molecule has 2 aromatic carbocycles. The SMILES string of the molecule is COc1ccc(OC)c(N2C(=O)NC(=O)C(=Cc3cc(OC)c(OC)cc3OC)C2=O)c1. The minimum Gasteiger partial charge on any atom is -0.497 e. The van der Waals surface area contributed by atoms with Gasteiger partial charge in [0.15, 0.2) is 11.5 Å². The molecule has 1 aliphatic rings. The second-order valence-corrected chi connectivity index (χ2v) is 6.44. The molecule has 0 saturated carbocycles. The van der Waals surface area contributed by atoms with E-state index in [1.807, 2.05) is 0 Å². The molecule has 1 aliphatic heterocycles. The van der Waals surface area contributed by atoms with Crippen LogP contribution < -0.4 is 33.9 Å². The number of hydrogen-bond acceptors (Lipinski definition) is 8. The van der Waals surface area contributed by atoms with Crippen molar-refractivity contribution < 1.29 is 38.1 Å². The van der Waals surface area contributed by atoms with Crippen LogP contribution in [0.25, 0.3) is 6.08 Å². The first-order valence-corrected chi connectivity index (χ1v) is 9.32. The molecule has 1 N–H and O–H groups in total. The zero-order chi connectivity index (χ0) is 23.4. The van der Waals surface area contributed by atoms with Gasteiger partial charge in [-0.25, -0.2) is 9.69 Å². The lowest BCUT2D eigenvalue weighted by Crippen LogP contribution is -2.54. The van der Waals surface area contributed by atoms with Gasteiger partial charge in [-0.1, -0.05) is 0 Å². The Labute approximate surface area is 184 Å². The van der Waals surface area contributed by atoms with Crippen LogP contribution >= 0.6 is 0 Å². The number of nitrogens with one attached hydrogen (secondary N) is 1. The van der Waals surface area contributed by atoms with Gasteiger partial charge >= 0.3 is 6.03 Å². The third-order valence-electron chi connectivity index (χ3n) is 4.76. The molecule has 32 heavy (non-hydrogen) atoms. The minimum absolute atomic E-state index is 0.118. The number of anilines is 1. The van der Waals surface area contributed by atoms with E-state index in [1.165, 1.54) is 47.7 Å². The fraction of sp³-hybridized carbons (Fsp3) is 0.227. The number of amides is 4. The molecular weight excluding hydrogens is 420 g/mol. The molecule has 3 rings (SSSR count). The number of carbonyl (C=O) groups excluding carboxylic acids is 3. The highest BCUT2D eigenvalue weighted by Crippen LogP contribution is 2.37. The Balaban J connectivity index is 2.13. The van der Waals surface area contributed by atoms with E-state index in [1.54, 1.807) is 24.3 Å². The number of benzene rings is 2. The highest BCUT2D eigenvalue weighted by Gasteiger charge is 2.38. The monoisotopic (exact) mass is 442 g/mol. The quantitative estimate of drug-likeness (QED) is 0.514. The first-order valence-electron chi connectivity index (χ1n) is 9.32. The molecule has 0 aromatic heterocycles. The van der Waals surface area contributed by atoms with Crippen molar-refractivity contribution in [1.82, 2.24) is 5.32 Å². The summed E-state index contributed by atoms with van der Waals surface area (Å²) in [5, 5.41) is 2.17. The van der Waals surface area contributed by atoms with E-state index in [2.05, 4.69) is 5.32 Å². The van der Waals surface area contributed by atoms with Crippen LogP contribution in [0.4, 0.5) is 10.5 Å². The number of barbiturate groups is 1. The molecule has 1 saturated heterocycles. The summed E-state index contributed by atoms with van der Waals surface area (Å²) in [4.78, 5) is 39.2. The van der Waals surface area contributed by atoms with E-state index in [9.17, 15) is 14.4 Å². The lowest BCUT2D eigenvalue weighted by molar-refractivity contribution is -0.122. The molecule has 1 fully saturated rings. The molecule has 4 amide bonds. The second-order valence-electron chi connectivity index (χ2n) is 6.44. The maximum atomic E-state index is 13.3. The summed E-state index contributed by atoms with van der Waals surface area (Å²) in [6.07, 6.45) is 1.31. The van der Waals surface area contributed by atoms with Crippen molar-refractivity contribution >= 4 is 29.6 Å². The minimum atomic E-state index is -0.914. The topological polar surface area (TPSA) is 113 Å². The molecule has 2 aromatic rings. The lowest BCUT2D eigenvalue weighted by Gasteiger charge is -2.27. The summed E-state index contributed by atoms with van der Waals surface area (Å²) >= 11 is 0. The molecule has 1 heterocycles. The van der Waals surface area contributed by atoms with Crippen molar-refractivity contribution in [3.63, 3.8) is 0 Å². The average molecular weight is 442 g/mol. The predicted molar refractivity (Wildman–Crippen MR) is 115 cm³/mol. The second kappa shape index (κ2) is 9.29. The summed E-state index contributed by atoms with van der Waals surface area (Å²) in [6.45, 7) is 0. The number of hydrogen-bond donors (Lipinski definition) is 1. The largest absolute Gasteiger partial charge is 0.497 e. The van der Waals surface area contributed by atoms with E-state index in [4.69, 9.17) is 23.7 Å². The number of carbonyl (C=O) groups is 3. The number of imide groups is 2. The van der Waals surface area contributed by atoms with Gasteiger partial charge in [-0.05, 0) is 24.3 Å². The molecule has 168 valence electrons. The van der Waals surface area contributed by atoms with Gasteiger partial charge in [0.2, 0.25) is 0 Å². The summed E-state index contributed by atoms with van der Waals surface area (Å²) in [5.74, 6) is 0.0439. The summed E-state index contributed by atoms with van der Waals surface area (Å²) in [6, 6.07) is 6.82. The third-order valence-corrected chi connectivity index (χ3v) is 4.76. The smallest absolute Gasteiger partial charge is 0.336 e. The molecule has 0 atom stereocenters. The van der Waals surface area contributed by atoms with Gasteiger partial charge in [0.1, 0.15) is 22.8 Å². The Hall–Kier alpha value is -4.21. The highest BCUT2D eigenvalue weighted by molar-refractivity contribution is 6.39. The number of methoxy groups -OCH3 is 5. The van der Waals surface area contributed by atoms with E-state index < -0.39 is 17.8 Å². The van der Waals surface area contributed by atoms with Gasteiger partial charge < -0.3 is 23.7 Å². The summed E-state index contributed by atoms with van der Waals surface area (Å²) in [7, 11) is 7.20. The fourth-order valence-electron chi connectivity index (χ4n) is 3.17. The van der Waals surface area contributed by atoms with Crippen LogP contribution in [0.15, 0.2) is 35.9 Å². The number of urea groups is 1. The van der Waals surface area contributed by atoms with Gasteiger partial charge in [0, 0.05) is 17.7 Å². The van der Waals surface area contributed by atoms with Crippen molar-refractivity contribution in [3.05, 3.63) is 41.5 Å². The normalized spacial score (nSPS) is 14.8. The predicted octanol–water partition coefficient (Wildman–Crippen LogP) is 2.40. The van der Waals surface area contributed by atoms with E-state index in [-0.39, 0.29) is 17.0 Å². The van der Waals surface area contributed by atoms with Crippen molar-refractivity contribution in [3.8, 4) is 28.7 Å². The van der Waals surface area contributed by atoms with Gasteiger partial charge in [0.25, 0.3) is 11.8 Å². The Morgan fingerprint density at radius 1 is 0.750 bits per heavy atom. The van der Waals surface area contributed by atoms with E-state index in [0.717, 1.165) is 4.90 Å². The highest BCUT2D eigenvalue weighted by atomic mass is 16.5. The van der Waals surface area contributed by atoms with Gasteiger partial charge in [0.05, 0.1) is 41.2 Å². The van der Waals surface area contributed by atoms with Crippen molar-refractivity contribution in [2.24, 2.45) is 0 Å². The summed E-state index contributed by atoms with van der Waals surface area (Å²) < 4.78 is 26.4. The molecule has 10 nitrogen and oxygen atoms in total. The maximum absolute atomic E-state index is 13.3. The standard InChI is InChI=1S/C22H22N2O8/c1-28-13-6-7-16(29-2)15(10-13)24-21(26)14(20(25)23-22(24)27)8-12-9-18(31-4)19(32-5)11-17(12)30-3/h6-11H,1-5H3,(H,23,25,27). The van der Waals surface area contributed by atoms with Gasteiger partial charge in [-0.3, -0.25) is 14.9 Å². The third kappa shape index (κ3) is 4.02. The van der Waals surface area contributed by atoms with Gasteiger partial charge in [-0.2, -0.15) is 0 Å². The average Bonchev–Trinajstić information content (AvgIpc) is 2.80. The molecule has 0 unspecified atom stereocenters. The van der Waals surface area contributed by atoms with E-state index in [0.29, 0.717) is 28.6 Å². The Morgan fingerprint density at radius 3 is 1.97 bits per heavy atom. The van der Waals surface area contributed by atoms with Crippen LogP contribution in [-0.2, 0) is 9.59 Å². The van der Waals surface area contributed by atoms with Crippen LogP contribution in [-0.4, -0.2) is 53.4 Å². The number of nitrogens with zero attached hydrogens (tertiary/aromatic N) is 1. The molecule has 0 aliphatic carbocycles. The Morgan fingerprint density at radius 2 is 1.38 bits per heavy atom. The maximum Gasteiger partial charge on any atom is 0.336 e. The van der Waals surface area contributed by atoms with Crippen molar-refractivity contribution in [2.45, 2.75) is 0 Å². The zero-order valence-corrected chi connectivity index (χ0v) is 18.2. The van der Waals surface area contributed by atoms with E-state index >= 15 is 0 Å². The number of rotatable bonds is 7.